The second kappa shape index (κ2) is 1.91. The van der Waals surface area contributed by atoms with Gasteiger partial charge in [0.25, 0.3) is 0 Å². The molecule has 16 heavy (non-hydrogen) atoms. The quantitative estimate of drug-likeness (QED) is 0.600. The number of ketones is 1. The number of hydrogen-bond donors (Lipinski definition) is 0. The average Bonchev–Trinajstić information content (AvgIpc) is 2.87. The predicted octanol–water partition coefficient (Wildman–Crippen LogP) is 0.686. The molecule has 0 unspecified atom stereocenters. The summed E-state index contributed by atoms with van der Waals surface area (Å²) < 4.78 is 12.1. The summed E-state index contributed by atoms with van der Waals surface area (Å²) >= 11 is 0. The minimum absolute atomic E-state index is 0.291. The van der Waals surface area contributed by atoms with Crippen LogP contribution in [-0.4, -0.2) is 24.8 Å². The topological polar surface area (TPSA) is 35.5 Å². The van der Waals surface area contributed by atoms with Crippen LogP contribution in [0.5, 0.6) is 0 Å². The Morgan fingerprint density at radius 3 is 2.62 bits per heavy atom. The Balaban J connectivity index is 1.66. The van der Waals surface area contributed by atoms with Gasteiger partial charge in [0.05, 0.1) is 13.2 Å². The van der Waals surface area contributed by atoms with Crippen molar-refractivity contribution in [3.8, 4) is 0 Å². The number of Topliss-reactive ketones (excluding diaryl/α,β-unsaturated/α-hetero) is 1. The van der Waals surface area contributed by atoms with Crippen LogP contribution in [0.15, 0.2) is 0 Å². The molecule has 2 bridgehead atoms. The molecule has 6 aliphatic rings. The molecule has 5 aliphatic carbocycles. The van der Waals surface area contributed by atoms with E-state index in [9.17, 15) is 4.79 Å². The van der Waals surface area contributed by atoms with Gasteiger partial charge in [-0.05, 0) is 30.1 Å². The van der Waals surface area contributed by atoms with E-state index in [4.69, 9.17) is 9.47 Å². The van der Waals surface area contributed by atoms with Gasteiger partial charge < -0.3 is 9.47 Å². The Morgan fingerprint density at radius 2 is 1.81 bits per heavy atom. The lowest BCUT2D eigenvalue weighted by molar-refractivity contribution is -0.252. The van der Waals surface area contributed by atoms with Gasteiger partial charge in [-0.15, -0.1) is 0 Å². The molecule has 5 saturated carbocycles. The lowest BCUT2D eigenvalue weighted by Gasteiger charge is -2.49. The lowest BCUT2D eigenvalue weighted by Crippen LogP contribution is -2.58. The maximum atomic E-state index is 12.3. The van der Waals surface area contributed by atoms with Crippen molar-refractivity contribution in [2.24, 2.45) is 47.3 Å². The van der Waals surface area contributed by atoms with E-state index in [2.05, 4.69) is 0 Å². The first-order valence-electron chi connectivity index (χ1n) is 6.66. The summed E-state index contributed by atoms with van der Waals surface area (Å²) in [5.41, 5.74) is 0. The second-order valence-electron chi connectivity index (χ2n) is 6.64. The van der Waals surface area contributed by atoms with E-state index >= 15 is 0 Å². The minimum atomic E-state index is -0.291. The van der Waals surface area contributed by atoms with Crippen LogP contribution < -0.4 is 0 Å². The van der Waals surface area contributed by atoms with Crippen molar-refractivity contribution in [2.75, 3.05) is 13.2 Å². The molecule has 1 spiro atoms. The van der Waals surface area contributed by atoms with Gasteiger partial charge in [0.1, 0.15) is 5.78 Å². The van der Waals surface area contributed by atoms with Gasteiger partial charge in [-0.1, -0.05) is 0 Å². The highest BCUT2D eigenvalue weighted by atomic mass is 16.7. The number of carbonyl (C=O) groups excluding carboxylic acids is 1. The third kappa shape index (κ3) is 0.458. The molecule has 0 aromatic rings. The summed E-state index contributed by atoms with van der Waals surface area (Å²) in [5.74, 6) is 4.88. The fraction of sp³-hybridized carbons (Fsp3) is 0.923. The molecule has 0 aromatic carbocycles. The molecule has 3 nitrogen and oxygen atoms in total. The van der Waals surface area contributed by atoms with E-state index in [0.29, 0.717) is 29.5 Å². The zero-order valence-corrected chi connectivity index (χ0v) is 8.96. The monoisotopic (exact) mass is 218 g/mol. The van der Waals surface area contributed by atoms with Crippen LogP contribution in [-0.2, 0) is 14.3 Å². The fourth-order valence-electron chi connectivity index (χ4n) is 6.94. The zero-order chi connectivity index (χ0) is 10.2. The number of ether oxygens (including phenoxy) is 2. The van der Waals surface area contributed by atoms with Crippen LogP contribution >= 0.6 is 0 Å². The highest BCUT2D eigenvalue weighted by Gasteiger charge is 2.89. The first kappa shape index (κ1) is 7.83. The third-order valence-corrected chi connectivity index (χ3v) is 6.83. The molecule has 8 atom stereocenters. The first-order valence-corrected chi connectivity index (χ1v) is 6.66. The first-order chi connectivity index (χ1) is 7.84. The molecule has 1 aliphatic heterocycles. The predicted molar refractivity (Wildman–Crippen MR) is 52.2 cm³/mol. The van der Waals surface area contributed by atoms with Gasteiger partial charge >= 0.3 is 0 Å². The number of rotatable bonds is 0. The summed E-state index contributed by atoms with van der Waals surface area (Å²) in [6.07, 6.45) is 1.30. The molecule has 3 heteroatoms. The maximum absolute atomic E-state index is 12.3. The van der Waals surface area contributed by atoms with Crippen molar-refractivity contribution in [3.63, 3.8) is 0 Å². The van der Waals surface area contributed by atoms with E-state index in [1.54, 1.807) is 0 Å². The number of carbonyl (C=O) groups is 1. The molecule has 1 heterocycles. The van der Waals surface area contributed by atoms with Crippen LogP contribution in [0.3, 0.4) is 0 Å². The van der Waals surface area contributed by atoms with Gasteiger partial charge in [-0.3, -0.25) is 4.79 Å². The molecule has 1 saturated heterocycles. The molecule has 0 radical (unpaired) electrons. The molecule has 0 aromatic heterocycles. The maximum Gasteiger partial charge on any atom is 0.176 e. The van der Waals surface area contributed by atoms with Crippen LogP contribution in [0, 0.1) is 47.3 Å². The Morgan fingerprint density at radius 1 is 1.00 bits per heavy atom. The standard InChI is InChI=1S/C13H14O3/c14-12-8-4-3-5-7-6(4)9(12)11(7)13(10(5)8)15-1-2-16-13/h4-11H,1-3H2/t4-,5-,6-,7+,8-,9+,10-,11+/m0/s1. The van der Waals surface area contributed by atoms with Crippen molar-refractivity contribution < 1.29 is 14.3 Å². The Bertz CT molecular complexity index is 438. The van der Waals surface area contributed by atoms with Crippen molar-refractivity contribution in [3.05, 3.63) is 0 Å². The Kier molecular flexibility index (Phi) is 0.933. The van der Waals surface area contributed by atoms with E-state index in [1.165, 1.54) is 6.42 Å². The van der Waals surface area contributed by atoms with Crippen molar-refractivity contribution in [1.82, 2.24) is 0 Å². The van der Waals surface area contributed by atoms with Crippen LogP contribution in [0.2, 0.25) is 0 Å². The SMILES string of the molecule is O=C1[C@@H]2[C@H]3[C@@H]4C[C@H]5[C@H]3[C@H]2C2(OCCO2)[C@@H]5[C@@H]14. The minimum Gasteiger partial charge on any atom is -0.347 e. The van der Waals surface area contributed by atoms with Crippen LogP contribution in [0.25, 0.3) is 0 Å². The smallest absolute Gasteiger partial charge is 0.176 e. The van der Waals surface area contributed by atoms with E-state index < -0.39 is 0 Å². The molecule has 6 rings (SSSR count). The van der Waals surface area contributed by atoms with Gasteiger partial charge in [0.15, 0.2) is 5.79 Å². The van der Waals surface area contributed by atoms with E-state index in [-0.39, 0.29) is 5.79 Å². The Labute approximate surface area is 93.5 Å². The summed E-state index contributed by atoms with van der Waals surface area (Å²) in [6, 6.07) is 0. The van der Waals surface area contributed by atoms with Gasteiger partial charge in [0, 0.05) is 23.7 Å². The van der Waals surface area contributed by atoms with Gasteiger partial charge in [0.2, 0.25) is 0 Å². The summed E-state index contributed by atoms with van der Waals surface area (Å²) in [5, 5.41) is 0. The molecule has 0 amide bonds. The van der Waals surface area contributed by atoms with Gasteiger partial charge in [-0.25, -0.2) is 0 Å². The molecule has 6 fully saturated rings. The average molecular weight is 218 g/mol. The molecular formula is C13H14O3. The molecular weight excluding hydrogens is 204 g/mol. The zero-order valence-electron chi connectivity index (χ0n) is 8.96. The lowest BCUT2D eigenvalue weighted by atomic mass is 9.58. The second-order valence-corrected chi connectivity index (χ2v) is 6.64. The summed E-state index contributed by atoms with van der Waals surface area (Å²) in [4.78, 5) is 12.3. The summed E-state index contributed by atoms with van der Waals surface area (Å²) in [6.45, 7) is 1.49. The third-order valence-electron chi connectivity index (χ3n) is 6.83. The molecule has 0 N–H and O–H groups in total. The normalized spacial score (nSPS) is 69.9. The molecule has 84 valence electrons. The van der Waals surface area contributed by atoms with Crippen LogP contribution in [0.4, 0.5) is 0 Å². The van der Waals surface area contributed by atoms with E-state index in [0.717, 1.165) is 36.9 Å². The number of fused-ring (bicyclic) bond motifs is 4. The van der Waals surface area contributed by atoms with Crippen molar-refractivity contribution in [1.29, 1.82) is 0 Å². The highest BCUT2D eigenvalue weighted by molar-refractivity contribution is 5.91. The summed E-state index contributed by atoms with van der Waals surface area (Å²) in [7, 11) is 0. The number of hydrogen-bond acceptors (Lipinski definition) is 3. The Hall–Kier alpha value is -0.410. The van der Waals surface area contributed by atoms with Crippen molar-refractivity contribution in [2.45, 2.75) is 12.2 Å². The highest BCUT2D eigenvalue weighted by Crippen LogP contribution is 2.85. The largest absolute Gasteiger partial charge is 0.347 e. The van der Waals surface area contributed by atoms with E-state index in [1.807, 2.05) is 0 Å². The van der Waals surface area contributed by atoms with Crippen molar-refractivity contribution >= 4 is 5.78 Å². The van der Waals surface area contributed by atoms with Crippen LogP contribution in [0.1, 0.15) is 6.42 Å². The fourth-order valence-corrected chi connectivity index (χ4v) is 6.94. The van der Waals surface area contributed by atoms with Gasteiger partial charge in [-0.2, -0.15) is 0 Å².